The molecular weight excluding hydrogens is 236 g/mol. The molecular formula is C16H28N2O. The summed E-state index contributed by atoms with van der Waals surface area (Å²) in [6, 6.07) is 0. The second-order valence-corrected chi connectivity index (χ2v) is 6.61. The van der Waals surface area contributed by atoms with Crippen molar-refractivity contribution in [3.8, 4) is 0 Å². The highest BCUT2D eigenvalue weighted by Crippen LogP contribution is 2.46. The van der Waals surface area contributed by atoms with E-state index in [1.165, 1.54) is 6.42 Å². The molecule has 1 aromatic heterocycles. The maximum Gasteiger partial charge on any atom is 0.141 e. The predicted octanol–water partition coefficient (Wildman–Crippen LogP) is 3.57. The Morgan fingerprint density at radius 2 is 2.21 bits per heavy atom. The van der Waals surface area contributed by atoms with Crippen LogP contribution in [-0.4, -0.2) is 14.7 Å². The quantitative estimate of drug-likeness (QED) is 0.902. The molecule has 0 aromatic carbocycles. The van der Waals surface area contributed by atoms with Crippen LogP contribution in [0, 0.1) is 17.8 Å². The van der Waals surface area contributed by atoms with Crippen LogP contribution in [0.5, 0.6) is 0 Å². The standard InChI is InChI=1S/C16H28N2O/c1-5-9-18-10-8-17-15(18)16(19)11-13(4)6-7-14(16)12(2)3/h8,10,12-14,19H,5-7,9,11H2,1-4H3. The lowest BCUT2D eigenvalue weighted by atomic mass is 9.66. The molecule has 3 nitrogen and oxygen atoms in total. The van der Waals surface area contributed by atoms with E-state index < -0.39 is 5.60 Å². The van der Waals surface area contributed by atoms with Crippen molar-refractivity contribution in [1.29, 1.82) is 0 Å². The minimum atomic E-state index is -0.746. The predicted molar refractivity (Wildman–Crippen MR) is 77.8 cm³/mol. The maximum atomic E-state index is 11.4. The molecule has 0 aliphatic heterocycles. The molecule has 0 radical (unpaired) electrons. The molecule has 0 spiro atoms. The first-order chi connectivity index (χ1) is 8.99. The highest BCUT2D eigenvalue weighted by atomic mass is 16.3. The molecule has 2 rings (SSSR count). The number of rotatable bonds is 4. The van der Waals surface area contributed by atoms with Crippen LogP contribution in [0.3, 0.4) is 0 Å². The molecule has 1 saturated carbocycles. The van der Waals surface area contributed by atoms with Gasteiger partial charge in [-0.15, -0.1) is 0 Å². The van der Waals surface area contributed by atoms with E-state index in [1.807, 2.05) is 12.4 Å². The molecule has 3 unspecified atom stereocenters. The van der Waals surface area contributed by atoms with Crippen molar-refractivity contribution in [1.82, 2.24) is 9.55 Å². The highest BCUT2D eigenvalue weighted by molar-refractivity contribution is 5.10. The van der Waals surface area contributed by atoms with E-state index in [4.69, 9.17) is 0 Å². The number of hydrogen-bond acceptors (Lipinski definition) is 2. The lowest BCUT2D eigenvalue weighted by Crippen LogP contribution is -2.45. The summed E-state index contributed by atoms with van der Waals surface area (Å²) in [6.45, 7) is 9.79. The summed E-state index contributed by atoms with van der Waals surface area (Å²) in [5, 5.41) is 11.4. The monoisotopic (exact) mass is 264 g/mol. The number of imidazole rings is 1. The van der Waals surface area contributed by atoms with E-state index in [0.717, 1.165) is 31.6 Å². The average Bonchev–Trinajstić information content (AvgIpc) is 2.77. The SMILES string of the molecule is CCCn1ccnc1C1(O)CC(C)CCC1C(C)C. The topological polar surface area (TPSA) is 38.0 Å². The first-order valence-corrected chi connectivity index (χ1v) is 7.73. The van der Waals surface area contributed by atoms with Gasteiger partial charge < -0.3 is 9.67 Å². The second-order valence-electron chi connectivity index (χ2n) is 6.61. The molecule has 1 N–H and O–H groups in total. The van der Waals surface area contributed by atoms with Crippen molar-refractivity contribution in [3.05, 3.63) is 18.2 Å². The zero-order chi connectivity index (χ0) is 14.0. The summed E-state index contributed by atoms with van der Waals surface area (Å²) in [6.07, 6.45) is 8.08. The summed E-state index contributed by atoms with van der Waals surface area (Å²) in [4.78, 5) is 4.51. The van der Waals surface area contributed by atoms with E-state index in [0.29, 0.717) is 17.8 Å². The molecule has 1 fully saturated rings. The molecule has 0 amide bonds. The lowest BCUT2D eigenvalue weighted by Gasteiger charge is -2.44. The third-order valence-electron chi connectivity index (χ3n) is 4.62. The summed E-state index contributed by atoms with van der Waals surface area (Å²) < 4.78 is 2.15. The molecule has 3 atom stereocenters. The van der Waals surface area contributed by atoms with Crippen molar-refractivity contribution >= 4 is 0 Å². The minimum Gasteiger partial charge on any atom is -0.382 e. The van der Waals surface area contributed by atoms with Crippen LogP contribution in [0.2, 0.25) is 0 Å². The smallest absolute Gasteiger partial charge is 0.141 e. The largest absolute Gasteiger partial charge is 0.382 e. The van der Waals surface area contributed by atoms with Crippen LogP contribution in [-0.2, 0) is 12.1 Å². The fraction of sp³-hybridized carbons (Fsp3) is 0.812. The van der Waals surface area contributed by atoms with Crippen molar-refractivity contribution in [2.45, 2.75) is 65.5 Å². The van der Waals surface area contributed by atoms with Gasteiger partial charge in [0.05, 0.1) is 0 Å². The van der Waals surface area contributed by atoms with Crippen LogP contribution < -0.4 is 0 Å². The second kappa shape index (κ2) is 5.66. The van der Waals surface area contributed by atoms with Gasteiger partial charge in [-0.2, -0.15) is 0 Å². The van der Waals surface area contributed by atoms with Gasteiger partial charge in [0.1, 0.15) is 11.4 Å². The third kappa shape index (κ3) is 2.71. The molecule has 1 aliphatic rings. The number of aliphatic hydroxyl groups is 1. The molecule has 108 valence electrons. The molecule has 1 aromatic rings. The zero-order valence-corrected chi connectivity index (χ0v) is 12.8. The van der Waals surface area contributed by atoms with E-state index in [1.54, 1.807) is 0 Å². The minimum absolute atomic E-state index is 0.321. The fourth-order valence-corrected chi connectivity index (χ4v) is 3.74. The van der Waals surface area contributed by atoms with E-state index >= 15 is 0 Å². The van der Waals surface area contributed by atoms with Crippen molar-refractivity contribution in [3.63, 3.8) is 0 Å². The highest BCUT2D eigenvalue weighted by Gasteiger charge is 2.46. The van der Waals surface area contributed by atoms with Crippen LogP contribution in [0.15, 0.2) is 12.4 Å². The van der Waals surface area contributed by atoms with Gasteiger partial charge in [-0.1, -0.05) is 34.1 Å². The third-order valence-corrected chi connectivity index (χ3v) is 4.62. The van der Waals surface area contributed by atoms with E-state index in [-0.39, 0.29) is 0 Å². The summed E-state index contributed by atoms with van der Waals surface area (Å²) in [5.41, 5.74) is -0.746. The average molecular weight is 264 g/mol. The number of hydrogen-bond donors (Lipinski definition) is 1. The van der Waals surface area contributed by atoms with Gasteiger partial charge in [0, 0.05) is 18.9 Å². The van der Waals surface area contributed by atoms with Crippen molar-refractivity contribution in [2.24, 2.45) is 17.8 Å². The first-order valence-electron chi connectivity index (χ1n) is 7.73. The van der Waals surface area contributed by atoms with Gasteiger partial charge in [-0.3, -0.25) is 0 Å². The van der Waals surface area contributed by atoms with Gasteiger partial charge in [0.2, 0.25) is 0 Å². The van der Waals surface area contributed by atoms with Gasteiger partial charge in [-0.05, 0) is 37.0 Å². The molecule has 0 saturated heterocycles. The molecule has 1 heterocycles. The van der Waals surface area contributed by atoms with E-state index in [2.05, 4.69) is 37.2 Å². The first kappa shape index (κ1) is 14.6. The zero-order valence-electron chi connectivity index (χ0n) is 12.8. The van der Waals surface area contributed by atoms with Crippen LogP contribution >= 0.6 is 0 Å². The Bertz CT molecular complexity index is 413. The normalized spacial score (nSPS) is 31.9. The fourth-order valence-electron chi connectivity index (χ4n) is 3.74. The molecule has 3 heteroatoms. The Labute approximate surface area is 117 Å². The van der Waals surface area contributed by atoms with Crippen molar-refractivity contribution < 1.29 is 5.11 Å². The number of aryl methyl sites for hydroxylation is 1. The van der Waals surface area contributed by atoms with E-state index in [9.17, 15) is 5.11 Å². The Morgan fingerprint density at radius 1 is 1.47 bits per heavy atom. The Kier molecular flexibility index (Phi) is 4.34. The van der Waals surface area contributed by atoms with Gasteiger partial charge >= 0.3 is 0 Å². The Morgan fingerprint density at radius 3 is 2.84 bits per heavy atom. The van der Waals surface area contributed by atoms with Gasteiger partial charge in [-0.25, -0.2) is 4.98 Å². The van der Waals surface area contributed by atoms with Crippen molar-refractivity contribution in [2.75, 3.05) is 0 Å². The van der Waals surface area contributed by atoms with Crippen LogP contribution in [0.4, 0.5) is 0 Å². The maximum absolute atomic E-state index is 11.4. The van der Waals surface area contributed by atoms with Gasteiger partial charge in [0.25, 0.3) is 0 Å². The molecule has 1 aliphatic carbocycles. The summed E-state index contributed by atoms with van der Waals surface area (Å²) in [5.74, 6) is 2.28. The summed E-state index contributed by atoms with van der Waals surface area (Å²) >= 11 is 0. The van der Waals surface area contributed by atoms with Gasteiger partial charge in [0.15, 0.2) is 0 Å². The molecule has 19 heavy (non-hydrogen) atoms. The Hall–Kier alpha value is -0.830. The van der Waals surface area contributed by atoms with Crippen LogP contribution in [0.1, 0.15) is 59.2 Å². The number of nitrogens with zero attached hydrogens (tertiary/aromatic N) is 2. The lowest BCUT2D eigenvalue weighted by molar-refractivity contribution is -0.0952. The summed E-state index contributed by atoms with van der Waals surface area (Å²) in [7, 11) is 0. The Balaban J connectivity index is 2.37. The number of aromatic nitrogens is 2. The molecule has 0 bridgehead atoms. The van der Waals surface area contributed by atoms with Crippen LogP contribution in [0.25, 0.3) is 0 Å².